The van der Waals surface area contributed by atoms with Crippen LogP contribution < -0.4 is 15.6 Å². The maximum absolute atomic E-state index is 12.1. The maximum Gasteiger partial charge on any atom is 0.254 e. The van der Waals surface area contributed by atoms with Crippen molar-refractivity contribution in [3.05, 3.63) is 71.0 Å². The summed E-state index contributed by atoms with van der Waals surface area (Å²) in [5.41, 5.74) is 1.05. The second-order valence-corrected chi connectivity index (χ2v) is 5.34. The first-order chi connectivity index (χ1) is 12.2. The van der Waals surface area contributed by atoms with Crippen LogP contribution in [0.5, 0.6) is 5.75 Å². The molecule has 0 saturated carbocycles. The summed E-state index contributed by atoms with van der Waals surface area (Å²) in [6, 6.07) is 12.2. The number of hydrogen-bond donors (Lipinski definition) is 1. The molecule has 1 amide bonds. The van der Waals surface area contributed by atoms with Crippen molar-refractivity contribution in [1.82, 2.24) is 14.9 Å². The molecule has 3 rings (SSSR count). The van der Waals surface area contributed by atoms with E-state index >= 15 is 0 Å². The summed E-state index contributed by atoms with van der Waals surface area (Å²) in [5, 5.41) is 2.77. The Bertz CT molecular complexity index is 899. The molecule has 2 aromatic heterocycles. The Labute approximate surface area is 143 Å². The van der Waals surface area contributed by atoms with E-state index in [0.717, 1.165) is 11.3 Å². The highest BCUT2D eigenvalue weighted by atomic mass is 16.5. The molecule has 3 aromatic rings. The van der Waals surface area contributed by atoms with E-state index in [1.54, 1.807) is 19.2 Å². The van der Waals surface area contributed by atoms with Gasteiger partial charge in [-0.2, -0.15) is 0 Å². The van der Waals surface area contributed by atoms with Gasteiger partial charge in [-0.05, 0) is 29.8 Å². The number of carbonyl (C=O) groups is 1. The van der Waals surface area contributed by atoms with Crippen molar-refractivity contribution in [2.75, 3.05) is 7.11 Å². The largest absolute Gasteiger partial charge is 0.497 e. The third kappa shape index (κ3) is 4.14. The Morgan fingerprint density at radius 2 is 2.08 bits per heavy atom. The van der Waals surface area contributed by atoms with Crippen molar-refractivity contribution in [2.45, 2.75) is 13.1 Å². The monoisotopic (exact) mass is 339 g/mol. The Kier molecular flexibility index (Phi) is 4.94. The standard InChI is InChI=1S/C18H17N3O4/c1-24-14-6-4-13(5-7-14)10-19-17(22)11-21-12-20-15(9-18(21)23)16-3-2-8-25-16/h2-9,12H,10-11H2,1H3,(H,19,22). The first-order valence-corrected chi connectivity index (χ1v) is 7.66. The van der Waals surface area contributed by atoms with Crippen LogP contribution in [0.1, 0.15) is 5.56 Å². The van der Waals surface area contributed by atoms with E-state index < -0.39 is 0 Å². The lowest BCUT2D eigenvalue weighted by Crippen LogP contribution is -2.31. The Morgan fingerprint density at radius 1 is 1.28 bits per heavy atom. The minimum Gasteiger partial charge on any atom is -0.497 e. The van der Waals surface area contributed by atoms with Gasteiger partial charge in [0, 0.05) is 12.6 Å². The van der Waals surface area contributed by atoms with Crippen LogP contribution in [0.3, 0.4) is 0 Å². The van der Waals surface area contributed by atoms with Gasteiger partial charge in [0.05, 0.1) is 19.7 Å². The van der Waals surface area contributed by atoms with Gasteiger partial charge in [0.25, 0.3) is 5.56 Å². The molecule has 0 unspecified atom stereocenters. The van der Waals surface area contributed by atoms with Crippen molar-refractivity contribution in [1.29, 1.82) is 0 Å². The van der Waals surface area contributed by atoms with Crippen LogP contribution in [0, 0.1) is 0 Å². The van der Waals surface area contributed by atoms with Crippen molar-refractivity contribution < 1.29 is 13.9 Å². The summed E-state index contributed by atoms with van der Waals surface area (Å²) in [6.07, 6.45) is 2.85. The molecule has 2 heterocycles. The number of ether oxygens (including phenoxy) is 1. The highest BCUT2D eigenvalue weighted by Gasteiger charge is 2.08. The molecular weight excluding hydrogens is 322 g/mol. The molecule has 0 aliphatic heterocycles. The predicted octanol–water partition coefficient (Wildman–Crippen LogP) is 1.83. The van der Waals surface area contributed by atoms with E-state index in [2.05, 4.69) is 10.3 Å². The van der Waals surface area contributed by atoms with Gasteiger partial charge < -0.3 is 14.5 Å². The Morgan fingerprint density at radius 3 is 2.72 bits per heavy atom. The van der Waals surface area contributed by atoms with E-state index in [-0.39, 0.29) is 18.0 Å². The number of hydrogen-bond acceptors (Lipinski definition) is 5. The number of carbonyl (C=O) groups excluding carboxylic acids is 1. The average molecular weight is 339 g/mol. The summed E-state index contributed by atoms with van der Waals surface area (Å²) in [4.78, 5) is 28.3. The molecule has 0 radical (unpaired) electrons. The van der Waals surface area contributed by atoms with Crippen LogP contribution in [0.25, 0.3) is 11.5 Å². The molecule has 0 atom stereocenters. The zero-order valence-electron chi connectivity index (χ0n) is 13.6. The van der Waals surface area contributed by atoms with Crippen LogP contribution in [0.2, 0.25) is 0 Å². The second-order valence-electron chi connectivity index (χ2n) is 5.34. The van der Waals surface area contributed by atoms with E-state index in [1.807, 2.05) is 24.3 Å². The van der Waals surface area contributed by atoms with Crippen molar-refractivity contribution in [2.24, 2.45) is 0 Å². The highest BCUT2D eigenvalue weighted by Crippen LogP contribution is 2.14. The van der Waals surface area contributed by atoms with E-state index in [1.165, 1.54) is 23.2 Å². The normalized spacial score (nSPS) is 10.4. The second kappa shape index (κ2) is 7.48. The Hall–Kier alpha value is -3.35. The van der Waals surface area contributed by atoms with Crippen molar-refractivity contribution >= 4 is 5.91 Å². The minimum absolute atomic E-state index is 0.0968. The molecule has 128 valence electrons. The van der Waals surface area contributed by atoms with Crippen LogP contribution in [0.15, 0.2) is 64.3 Å². The van der Waals surface area contributed by atoms with Gasteiger partial charge in [-0.25, -0.2) is 4.98 Å². The molecule has 0 saturated heterocycles. The zero-order chi connectivity index (χ0) is 17.6. The molecule has 0 spiro atoms. The first-order valence-electron chi connectivity index (χ1n) is 7.66. The third-order valence-electron chi connectivity index (χ3n) is 3.62. The van der Waals surface area contributed by atoms with Gasteiger partial charge in [-0.3, -0.25) is 14.2 Å². The fourth-order valence-electron chi connectivity index (χ4n) is 2.26. The minimum atomic E-state index is -0.319. The molecule has 7 heteroatoms. The lowest BCUT2D eigenvalue weighted by Gasteiger charge is -2.08. The number of benzene rings is 1. The molecule has 0 fully saturated rings. The SMILES string of the molecule is COc1ccc(CNC(=O)Cn2cnc(-c3ccco3)cc2=O)cc1. The average Bonchev–Trinajstić information content (AvgIpc) is 3.17. The van der Waals surface area contributed by atoms with Gasteiger partial charge in [0.1, 0.15) is 18.0 Å². The van der Waals surface area contributed by atoms with Crippen molar-refractivity contribution in [3.63, 3.8) is 0 Å². The first kappa shape index (κ1) is 16.5. The van der Waals surface area contributed by atoms with Gasteiger partial charge in [-0.15, -0.1) is 0 Å². The molecule has 0 aliphatic carbocycles. The third-order valence-corrected chi connectivity index (χ3v) is 3.62. The fraction of sp³-hybridized carbons (Fsp3) is 0.167. The predicted molar refractivity (Wildman–Crippen MR) is 91.0 cm³/mol. The molecule has 7 nitrogen and oxygen atoms in total. The highest BCUT2D eigenvalue weighted by molar-refractivity contribution is 5.75. The van der Waals surface area contributed by atoms with Crippen LogP contribution in [-0.2, 0) is 17.9 Å². The van der Waals surface area contributed by atoms with Crippen LogP contribution in [0.4, 0.5) is 0 Å². The lowest BCUT2D eigenvalue weighted by molar-refractivity contribution is -0.121. The zero-order valence-corrected chi connectivity index (χ0v) is 13.6. The summed E-state index contributed by atoms with van der Waals surface area (Å²) in [6.45, 7) is 0.274. The number of furan rings is 1. The number of amides is 1. The summed E-state index contributed by atoms with van der Waals surface area (Å²) < 4.78 is 11.5. The smallest absolute Gasteiger partial charge is 0.254 e. The van der Waals surface area contributed by atoms with E-state index in [0.29, 0.717) is 18.0 Å². The number of aromatic nitrogens is 2. The number of rotatable bonds is 6. The fourth-order valence-corrected chi connectivity index (χ4v) is 2.26. The molecule has 1 aromatic carbocycles. The summed E-state index contributed by atoms with van der Waals surface area (Å²) in [5.74, 6) is 0.989. The van der Waals surface area contributed by atoms with Gasteiger partial charge in [-0.1, -0.05) is 12.1 Å². The molecule has 25 heavy (non-hydrogen) atoms. The molecule has 0 aliphatic rings. The topological polar surface area (TPSA) is 86.4 Å². The van der Waals surface area contributed by atoms with Crippen molar-refractivity contribution in [3.8, 4) is 17.2 Å². The molecule has 1 N–H and O–H groups in total. The van der Waals surface area contributed by atoms with Gasteiger partial charge in [0.2, 0.25) is 5.91 Å². The summed E-state index contributed by atoms with van der Waals surface area (Å²) >= 11 is 0. The lowest BCUT2D eigenvalue weighted by atomic mass is 10.2. The molecule has 0 bridgehead atoms. The quantitative estimate of drug-likeness (QED) is 0.740. The van der Waals surface area contributed by atoms with Crippen LogP contribution >= 0.6 is 0 Å². The van der Waals surface area contributed by atoms with Crippen LogP contribution in [-0.4, -0.2) is 22.6 Å². The van der Waals surface area contributed by atoms with E-state index in [4.69, 9.17) is 9.15 Å². The maximum atomic E-state index is 12.1. The van der Waals surface area contributed by atoms with Gasteiger partial charge >= 0.3 is 0 Å². The molecular formula is C18H17N3O4. The van der Waals surface area contributed by atoms with Gasteiger partial charge in [0.15, 0.2) is 5.76 Å². The van der Waals surface area contributed by atoms with E-state index in [9.17, 15) is 9.59 Å². The number of nitrogens with zero attached hydrogens (tertiary/aromatic N) is 2. The number of nitrogens with one attached hydrogen (secondary N) is 1. The number of methoxy groups -OCH3 is 1. The summed E-state index contributed by atoms with van der Waals surface area (Å²) in [7, 11) is 1.60. The Balaban J connectivity index is 1.59.